The second-order valence-corrected chi connectivity index (χ2v) is 3.71. The standard InChI is InChI=1S/C11H16N2O3/c1-8(2)7-16-11(14)13-9-4-5-10(15-3)12-6-9/h4-6,8H,7H2,1-3H3,(H,13,14). The second kappa shape index (κ2) is 5.95. The first-order valence-corrected chi connectivity index (χ1v) is 5.05. The van der Waals surface area contributed by atoms with E-state index in [4.69, 9.17) is 9.47 Å². The van der Waals surface area contributed by atoms with Gasteiger partial charge < -0.3 is 9.47 Å². The molecule has 1 aromatic rings. The fourth-order valence-electron chi connectivity index (χ4n) is 0.971. The SMILES string of the molecule is COc1ccc(NC(=O)OCC(C)C)cn1. The Hall–Kier alpha value is -1.78. The monoisotopic (exact) mass is 224 g/mol. The molecule has 0 spiro atoms. The Labute approximate surface area is 94.8 Å². The summed E-state index contributed by atoms with van der Waals surface area (Å²) < 4.78 is 9.85. The van der Waals surface area contributed by atoms with Crippen LogP contribution in [-0.2, 0) is 4.74 Å². The summed E-state index contributed by atoms with van der Waals surface area (Å²) >= 11 is 0. The predicted molar refractivity (Wildman–Crippen MR) is 60.6 cm³/mol. The summed E-state index contributed by atoms with van der Waals surface area (Å²) in [7, 11) is 1.53. The van der Waals surface area contributed by atoms with Crippen LogP contribution in [0.25, 0.3) is 0 Å². The van der Waals surface area contributed by atoms with E-state index in [0.29, 0.717) is 24.1 Å². The van der Waals surface area contributed by atoms with Crippen molar-refractivity contribution in [2.45, 2.75) is 13.8 Å². The molecule has 0 bridgehead atoms. The quantitative estimate of drug-likeness (QED) is 0.852. The largest absolute Gasteiger partial charge is 0.481 e. The number of hydrogen-bond donors (Lipinski definition) is 1. The highest BCUT2D eigenvalue weighted by Crippen LogP contribution is 2.11. The first-order valence-electron chi connectivity index (χ1n) is 5.05. The molecule has 0 aliphatic rings. The summed E-state index contributed by atoms with van der Waals surface area (Å²) in [5, 5.41) is 2.57. The summed E-state index contributed by atoms with van der Waals surface area (Å²) in [6.07, 6.45) is 1.04. The van der Waals surface area contributed by atoms with Crippen molar-refractivity contribution in [2.75, 3.05) is 19.0 Å². The molecule has 0 fully saturated rings. The van der Waals surface area contributed by atoms with E-state index in [2.05, 4.69) is 10.3 Å². The van der Waals surface area contributed by atoms with E-state index in [1.165, 1.54) is 13.3 Å². The zero-order valence-electron chi connectivity index (χ0n) is 9.69. The maximum absolute atomic E-state index is 11.3. The van der Waals surface area contributed by atoms with E-state index >= 15 is 0 Å². The molecule has 88 valence electrons. The van der Waals surface area contributed by atoms with Gasteiger partial charge >= 0.3 is 6.09 Å². The van der Waals surface area contributed by atoms with Gasteiger partial charge in [-0.3, -0.25) is 5.32 Å². The van der Waals surface area contributed by atoms with Gasteiger partial charge in [0.1, 0.15) is 0 Å². The Kier molecular flexibility index (Phi) is 4.57. The van der Waals surface area contributed by atoms with Crippen molar-refractivity contribution in [1.29, 1.82) is 0 Å². The van der Waals surface area contributed by atoms with Crippen molar-refractivity contribution in [2.24, 2.45) is 5.92 Å². The molecule has 5 heteroatoms. The van der Waals surface area contributed by atoms with Gasteiger partial charge in [0.05, 0.1) is 25.6 Å². The summed E-state index contributed by atoms with van der Waals surface area (Å²) in [5.41, 5.74) is 0.578. The Bertz CT molecular complexity index is 336. The molecule has 0 aliphatic carbocycles. The molecule has 1 aromatic heterocycles. The van der Waals surface area contributed by atoms with Gasteiger partial charge in [-0.05, 0) is 12.0 Å². The molecule has 5 nitrogen and oxygen atoms in total. The van der Waals surface area contributed by atoms with Crippen molar-refractivity contribution in [3.63, 3.8) is 0 Å². The maximum atomic E-state index is 11.3. The lowest BCUT2D eigenvalue weighted by Crippen LogP contribution is -2.16. The smallest absolute Gasteiger partial charge is 0.411 e. The third-order valence-electron chi connectivity index (χ3n) is 1.74. The van der Waals surface area contributed by atoms with Gasteiger partial charge in [-0.1, -0.05) is 13.8 Å². The van der Waals surface area contributed by atoms with Crippen molar-refractivity contribution in [3.8, 4) is 5.88 Å². The Morgan fingerprint density at radius 1 is 1.50 bits per heavy atom. The van der Waals surface area contributed by atoms with Crippen LogP contribution in [0.15, 0.2) is 18.3 Å². The zero-order chi connectivity index (χ0) is 12.0. The van der Waals surface area contributed by atoms with Gasteiger partial charge in [0, 0.05) is 6.07 Å². The fourth-order valence-corrected chi connectivity index (χ4v) is 0.971. The Morgan fingerprint density at radius 2 is 2.25 bits per heavy atom. The number of aromatic nitrogens is 1. The molecule has 0 radical (unpaired) electrons. The topological polar surface area (TPSA) is 60.5 Å². The lowest BCUT2D eigenvalue weighted by atomic mass is 10.2. The average molecular weight is 224 g/mol. The highest BCUT2D eigenvalue weighted by molar-refractivity contribution is 5.84. The van der Waals surface area contributed by atoms with Gasteiger partial charge in [-0.2, -0.15) is 0 Å². The molecule has 0 atom stereocenters. The number of nitrogens with zero attached hydrogens (tertiary/aromatic N) is 1. The van der Waals surface area contributed by atoms with Crippen LogP contribution in [0.3, 0.4) is 0 Å². The molecule has 0 saturated carbocycles. The van der Waals surface area contributed by atoms with E-state index in [0.717, 1.165) is 0 Å². The van der Waals surface area contributed by atoms with E-state index in [9.17, 15) is 4.79 Å². The van der Waals surface area contributed by atoms with Crippen LogP contribution >= 0.6 is 0 Å². The number of ether oxygens (including phenoxy) is 2. The van der Waals surface area contributed by atoms with E-state index in [1.54, 1.807) is 12.1 Å². The molecule has 0 unspecified atom stereocenters. The van der Waals surface area contributed by atoms with Crippen LogP contribution in [0, 0.1) is 5.92 Å². The first kappa shape index (κ1) is 12.3. The predicted octanol–water partition coefficient (Wildman–Crippen LogP) is 2.29. The van der Waals surface area contributed by atoms with Crippen molar-refractivity contribution >= 4 is 11.8 Å². The molecular weight excluding hydrogens is 208 g/mol. The minimum Gasteiger partial charge on any atom is -0.481 e. The number of rotatable bonds is 4. The summed E-state index contributed by atoms with van der Waals surface area (Å²) in [6, 6.07) is 3.36. The van der Waals surface area contributed by atoms with Gasteiger partial charge in [0.25, 0.3) is 0 Å². The molecular formula is C11H16N2O3. The molecule has 16 heavy (non-hydrogen) atoms. The number of nitrogens with one attached hydrogen (secondary N) is 1. The van der Waals surface area contributed by atoms with Gasteiger partial charge in [-0.25, -0.2) is 9.78 Å². The van der Waals surface area contributed by atoms with Crippen LogP contribution in [-0.4, -0.2) is 24.8 Å². The summed E-state index contributed by atoms with van der Waals surface area (Å²) in [4.78, 5) is 15.2. The Balaban J connectivity index is 2.43. The van der Waals surface area contributed by atoms with E-state index in [-0.39, 0.29) is 0 Å². The third-order valence-corrected chi connectivity index (χ3v) is 1.74. The van der Waals surface area contributed by atoms with Crippen LogP contribution in [0.4, 0.5) is 10.5 Å². The maximum Gasteiger partial charge on any atom is 0.411 e. The molecule has 0 aliphatic heterocycles. The molecule has 1 heterocycles. The highest BCUT2D eigenvalue weighted by Gasteiger charge is 2.04. The van der Waals surface area contributed by atoms with E-state index < -0.39 is 6.09 Å². The minimum atomic E-state index is -0.472. The molecule has 0 aromatic carbocycles. The second-order valence-electron chi connectivity index (χ2n) is 3.71. The number of carbonyl (C=O) groups is 1. The van der Waals surface area contributed by atoms with Crippen molar-refractivity contribution in [3.05, 3.63) is 18.3 Å². The minimum absolute atomic E-state index is 0.319. The van der Waals surface area contributed by atoms with Gasteiger partial charge in [0.15, 0.2) is 0 Å². The number of amides is 1. The first-order chi connectivity index (χ1) is 7.61. The summed E-state index contributed by atoms with van der Waals surface area (Å²) in [6.45, 7) is 4.35. The van der Waals surface area contributed by atoms with Gasteiger partial charge in [-0.15, -0.1) is 0 Å². The fraction of sp³-hybridized carbons (Fsp3) is 0.455. The van der Waals surface area contributed by atoms with Gasteiger partial charge in [0.2, 0.25) is 5.88 Å². The molecule has 0 saturated heterocycles. The number of hydrogen-bond acceptors (Lipinski definition) is 4. The molecule has 1 rings (SSSR count). The van der Waals surface area contributed by atoms with Crippen molar-refractivity contribution in [1.82, 2.24) is 4.98 Å². The number of carbonyl (C=O) groups excluding carboxylic acids is 1. The average Bonchev–Trinajstić information content (AvgIpc) is 2.27. The third kappa shape index (κ3) is 4.16. The zero-order valence-corrected chi connectivity index (χ0v) is 9.69. The number of anilines is 1. The van der Waals surface area contributed by atoms with Crippen LogP contribution < -0.4 is 10.1 Å². The van der Waals surface area contributed by atoms with E-state index in [1.807, 2.05) is 13.8 Å². The van der Waals surface area contributed by atoms with Crippen molar-refractivity contribution < 1.29 is 14.3 Å². The highest BCUT2D eigenvalue weighted by atomic mass is 16.5. The van der Waals surface area contributed by atoms with Crippen LogP contribution in [0.5, 0.6) is 5.88 Å². The normalized spacial score (nSPS) is 10.0. The molecule has 1 amide bonds. The summed E-state index contributed by atoms with van der Waals surface area (Å²) in [5.74, 6) is 0.820. The number of methoxy groups -OCH3 is 1. The van der Waals surface area contributed by atoms with Crippen LogP contribution in [0.1, 0.15) is 13.8 Å². The lowest BCUT2D eigenvalue weighted by molar-refractivity contribution is 0.147. The lowest BCUT2D eigenvalue weighted by Gasteiger charge is -2.08. The van der Waals surface area contributed by atoms with Crippen LogP contribution in [0.2, 0.25) is 0 Å². The molecule has 1 N–H and O–H groups in total. The Morgan fingerprint density at radius 3 is 2.75 bits per heavy atom. The number of pyridine rings is 1.